The number of carbonyl (C=O) groups is 1. The van der Waals surface area contributed by atoms with Crippen molar-refractivity contribution in [2.24, 2.45) is 0 Å². The van der Waals surface area contributed by atoms with Crippen LogP contribution in [-0.2, 0) is 11.3 Å². The lowest BCUT2D eigenvalue weighted by Gasteiger charge is -2.27. The van der Waals surface area contributed by atoms with Crippen LogP contribution >= 0.6 is 81.8 Å². The molecule has 0 saturated carbocycles. The molecule has 0 bridgehead atoms. The Hall–Kier alpha value is -0.860. The van der Waals surface area contributed by atoms with Crippen molar-refractivity contribution >= 4 is 98.7 Å². The molecular formula is C17H13Cl6N3O2S. The molecule has 5 nitrogen and oxygen atoms in total. The topological polar surface area (TPSA) is 62.4 Å². The van der Waals surface area contributed by atoms with Crippen molar-refractivity contribution in [3.8, 4) is 0 Å². The van der Waals surface area contributed by atoms with Gasteiger partial charge in [0, 0.05) is 5.02 Å². The lowest BCUT2D eigenvalue weighted by molar-refractivity contribution is 0.135. The van der Waals surface area contributed by atoms with E-state index < -0.39 is 16.1 Å². The Bertz CT molecular complexity index is 856. The minimum Gasteiger partial charge on any atom is -0.445 e. The maximum Gasteiger partial charge on any atom is 0.409 e. The van der Waals surface area contributed by atoms with E-state index >= 15 is 0 Å². The van der Waals surface area contributed by atoms with Crippen molar-refractivity contribution in [1.29, 1.82) is 0 Å². The molecule has 156 valence electrons. The van der Waals surface area contributed by atoms with E-state index in [1.165, 1.54) is 12.1 Å². The highest BCUT2D eigenvalue weighted by molar-refractivity contribution is 7.80. The van der Waals surface area contributed by atoms with Crippen molar-refractivity contribution in [3.05, 3.63) is 63.1 Å². The summed E-state index contributed by atoms with van der Waals surface area (Å²) in [5.41, 5.74) is 1.09. The van der Waals surface area contributed by atoms with Gasteiger partial charge < -0.3 is 15.4 Å². The van der Waals surface area contributed by atoms with E-state index in [0.29, 0.717) is 10.7 Å². The van der Waals surface area contributed by atoms with E-state index in [2.05, 4.69) is 16.0 Å². The molecule has 0 aliphatic heterocycles. The first-order valence-electron chi connectivity index (χ1n) is 7.82. The van der Waals surface area contributed by atoms with E-state index in [9.17, 15) is 4.79 Å². The van der Waals surface area contributed by atoms with Crippen LogP contribution in [0.3, 0.4) is 0 Å². The van der Waals surface area contributed by atoms with Gasteiger partial charge in [0.25, 0.3) is 0 Å². The maximum absolute atomic E-state index is 12.1. The summed E-state index contributed by atoms with van der Waals surface area (Å²) in [5.74, 6) is 0. The highest BCUT2D eigenvalue weighted by Gasteiger charge is 2.35. The molecular weight excluding hydrogens is 523 g/mol. The van der Waals surface area contributed by atoms with Gasteiger partial charge in [-0.15, -0.1) is 0 Å². The average molecular weight is 536 g/mol. The molecule has 12 heteroatoms. The van der Waals surface area contributed by atoms with Crippen LogP contribution < -0.4 is 16.0 Å². The molecule has 0 unspecified atom stereocenters. The van der Waals surface area contributed by atoms with Crippen molar-refractivity contribution in [3.63, 3.8) is 0 Å². The number of nitrogens with one attached hydrogen (secondary N) is 3. The minimum absolute atomic E-state index is 0.0178. The van der Waals surface area contributed by atoms with Crippen molar-refractivity contribution in [2.45, 2.75) is 16.6 Å². The molecule has 2 rings (SSSR count). The first kappa shape index (κ1) is 24.4. The fourth-order valence-electron chi connectivity index (χ4n) is 2.02. The first-order chi connectivity index (χ1) is 13.6. The number of hydrogen-bond donors (Lipinski definition) is 3. The van der Waals surface area contributed by atoms with Crippen LogP contribution in [0, 0.1) is 0 Å². The Morgan fingerprint density at radius 1 is 1.03 bits per heavy atom. The molecule has 2 aromatic carbocycles. The van der Waals surface area contributed by atoms with Gasteiger partial charge in [-0.25, -0.2) is 4.79 Å². The average Bonchev–Trinajstić information content (AvgIpc) is 2.62. The second-order valence-corrected chi connectivity index (χ2v) is 9.55. The largest absolute Gasteiger partial charge is 0.445 e. The van der Waals surface area contributed by atoms with Crippen LogP contribution in [0.15, 0.2) is 42.5 Å². The van der Waals surface area contributed by atoms with Gasteiger partial charge >= 0.3 is 6.09 Å². The molecule has 0 aliphatic carbocycles. The van der Waals surface area contributed by atoms with Crippen LogP contribution in [0.5, 0.6) is 0 Å². The number of ether oxygens (including phenoxy) is 1. The fraction of sp³-hybridized carbons (Fsp3) is 0.176. The normalized spacial score (nSPS) is 12.1. The summed E-state index contributed by atoms with van der Waals surface area (Å²) in [6.45, 7) is 0.0396. The SMILES string of the molecule is O=C(N[C@H](NC(=S)Nc1c(Cl)cc(Cl)cc1Cl)C(Cl)(Cl)Cl)OCc1ccccc1. The van der Waals surface area contributed by atoms with Crippen molar-refractivity contribution in [1.82, 2.24) is 10.6 Å². The lowest BCUT2D eigenvalue weighted by Crippen LogP contribution is -2.56. The van der Waals surface area contributed by atoms with Crippen LogP contribution in [0.1, 0.15) is 5.56 Å². The zero-order valence-electron chi connectivity index (χ0n) is 14.3. The molecule has 0 saturated heterocycles. The number of alkyl carbamates (subject to hydrolysis) is 1. The predicted octanol–water partition coefficient (Wildman–Crippen LogP) is 6.56. The minimum atomic E-state index is -1.95. The molecule has 0 spiro atoms. The number of carbonyl (C=O) groups excluding carboxylic acids is 1. The summed E-state index contributed by atoms with van der Waals surface area (Å²) in [5, 5.41) is 8.63. The van der Waals surface area contributed by atoms with E-state index in [4.69, 9.17) is 86.6 Å². The molecule has 1 amide bonds. The highest BCUT2D eigenvalue weighted by Crippen LogP contribution is 2.34. The van der Waals surface area contributed by atoms with Gasteiger partial charge in [-0.05, 0) is 29.9 Å². The predicted molar refractivity (Wildman–Crippen MR) is 125 cm³/mol. The number of hydrogen-bond acceptors (Lipinski definition) is 3. The Morgan fingerprint density at radius 2 is 1.62 bits per heavy atom. The monoisotopic (exact) mass is 533 g/mol. The molecule has 0 fully saturated rings. The van der Waals surface area contributed by atoms with Gasteiger partial charge in [-0.1, -0.05) is 99.9 Å². The second kappa shape index (κ2) is 11.0. The van der Waals surface area contributed by atoms with E-state index in [-0.39, 0.29) is 21.8 Å². The van der Waals surface area contributed by atoms with Gasteiger partial charge in [-0.3, -0.25) is 5.32 Å². The number of halogens is 6. The summed E-state index contributed by atoms with van der Waals surface area (Å²) in [6.07, 6.45) is -2.04. The third-order valence-electron chi connectivity index (χ3n) is 3.32. The maximum atomic E-state index is 12.1. The Kier molecular flexibility index (Phi) is 9.22. The smallest absolute Gasteiger partial charge is 0.409 e. The number of anilines is 1. The van der Waals surface area contributed by atoms with Gasteiger partial charge in [0.15, 0.2) is 11.3 Å². The van der Waals surface area contributed by atoms with E-state index in [1.54, 1.807) is 12.1 Å². The zero-order valence-corrected chi connectivity index (χ0v) is 19.7. The summed E-state index contributed by atoms with van der Waals surface area (Å²) in [6, 6.07) is 12.0. The number of thiocarbonyl (C=S) groups is 1. The van der Waals surface area contributed by atoms with E-state index in [1.807, 2.05) is 18.2 Å². The standard InChI is InChI=1S/C17H13Cl6N3O2S/c18-10-6-11(19)13(12(20)7-10)24-15(29)25-14(17(21,22)23)26-16(27)28-8-9-4-2-1-3-5-9/h1-7,14H,8H2,(H,26,27)(H2,24,25,29)/t14-/m0/s1. The Morgan fingerprint density at radius 3 is 2.17 bits per heavy atom. The summed E-state index contributed by atoms with van der Waals surface area (Å²) in [7, 11) is 0. The molecule has 0 aromatic heterocycles. The number of amides is 1. The van der Waals surface area contributed by atoms with Crippen LogP contribution in [-0.4, -0.2) is 21.2 Å². The molecule has 1 atom stereocenters. The van der Waals surface area contributed by atoms with E-state index in [0.717, 1.165) is 5.56 Å². The second-order valence-electron chi connectivity index (χ2n) is 5.52. The van der Waals surface area contributed by atoms with Crippen LogP contribution in [0.25, 0.3) is 0 Å². The number of alkyl halides is 3. The van der Waals surface area contributed by atoms with Crippen molar-refractivity contribution in [2.75, 3.05) is 5.32 Å². The summed E-state index contributed by atoms with van der Waals surface area (Å²) >= 11 is 41.1. The zero-order chi connectivity index (χ0) is 21.6. The number of rotatable bonds is 5. The van der Waals surface area contributed by atoms with Crippen molar-refractivity contribution < 1.29 is 9.53 Å². The molecule has 0 aliphatic rings. The molecule has 2 aromatic rings. The summed E-state index contributed by atoms with van der Waals surface area (Å²) in [4.78, 5) is 12.1. The number of benzene rings is 2. The Balaban J connectivity index is 1.99. The van der Waals surface area contributed by atoms with Crippen LogP contribution in [0.4, 0.5) is 10.5 Å². The lowest BCUT2D eigenvalue weighted by atomic mass is 10.2. The van der Waals surface area contributed by atoms with Crippen LogP contribution in [0.2, 0.25) is 15.1 Å². The molecule has 0 heterocycles. The third kappa shape index (κ3) is 8.06. The highest BCUT2D eigenvalue weighted by atomic mass is 35.6. The third-order valence-corrected chi connectivity index (χ3v) is 5.01. The molecule has 0 radical (unpaired) electrons. The quantitative estimate of drug-likeness (QED) is 0.230. The Labute approximate surface area is 202 Å². The fourth-order valence-corrected chi connectivity index (χ4v) is 3.48. The van der Waals surface area contributed by atoms with Gasteiger partial charge in [0.1, 0.15) is 6.61 Å². The summed E-state index contributed by atoms with van der Waals surface area (Å²) < 4.78 is 3.17. The van der Waals surface area contributed by atoms with Gasteiger partial charge in [-0.2, -0.15) is 0 Å². The van der Waals surface area contributed by atoms with Gasteiger partial charge in [0.2, 0.25) is 3.79 Å². The molecule has 29 heavy (non-hydrogen) atoms. The first-order valence-corrected chi connectivity index (χ1v) is 10.5. The molecule has 3 N–H and O–H groups in total. The van der Waals surface area contributed by atoms with Gasteiger partial charge in [0.05, 0.1) is 15.7 Å².